The highest BCUT2D eigenvalue weighted by molar-refractivity contribution is 5.96. The van der Waals surface area contributed by atoms with Crippen LogP contribution in [-0.2, 0) is 4.74 Å². The van der Waals surface area contributed by atoms with E-state index >= 15 is 0 Å². The first-order chi connectivity index (χ1) is 18.6. The number of urea groups is 1. The number of hydrogen-bond acceptors (Lipinski definition) is 6. The summed E-state index contributed by atoms with van der Waals surface area (Å²) in [5, 5.41) is 14.7. The fraction of sp³-hybridized carbons (Fsp3) is 0.533. The van der Waals surface area contributed by atoms with Crippen molar-refractivity contribution >= 4 is 17.7 Å². The molecule has 9 heteroatoms. The summed E-state index contributed by atoms with van der Waals surface area (Å²) in [6.07, 6.45) is 12.6. The van der Waals surface area contributed by atoms with Gasteiger partial charge >= 0.3 is 12.0 Å². The van der Waals surface area contributed by atoms with Crippen LogP contribution in [0.25, 0.3) is 0 Å². The number of ether oxygens (including phenoxy) is 1. The fourth-order valence-electron chi connectivity index (χ4n) is 5.99. The maximum atomic E-state index is 12.8. The van der Waals surface area contributed by atoms with E-state index in [1.54, 1.807) is 36.3 Å². The SMILES string of the molecule is COC1=CCC(C2NN(C(C)(C)C)C=C2CCN2CCC3(CC2)CN(c2ccc(C(=O)O)cc2)C(=O)N3)C=C1. The van der Waals surface area contributed by atoms with Crippen molar-refractivity contribution in [2.75, 3.05) is 38.2 Å². The lowest BCUT2D eigenvalue weighted by atomic mass is 9.86. The van der Waals surface area contributed by atoms with Crippen molar-refractivity contribution in [2.45, 2.75) is 63.6 Å². The third kappa shape index (κ3) is 5.84. The van der Waals surface area contributed by atoms with Crippen LogP contribution in [0.15, 0.2) is 60.0 Å². The Hall–Kier alpha value is -3.30. The lowest BCUT2D eigenvalue weighted by Crippen LogP contribution is -2.52. The number of carboxylic acids is 1. The topological polar surface area (TPSA) is 97.4 Å². The van der Waals surface area contributed by atoms with Gasteiger partial charge in [0.05, 0.1) is 30.8 Å². The molecule has 0 radical (unpaired) electrons. The van der Waals surface area contributed by atoms with Crippen LogP contribution in [0.1, 0.15) is 56.8 Å². The number of nitrogens with one attached hydrogen (secondary N) is 2. The Kier molecular flexibility index (Phi) is 7.48. The van der Waals surface area contributed by atoms with Crippen molar-refractivity contribution in [1.82, 2.24) is 20.7 Å². The van der Waals surface area contributed by atoms with Gasteiger partial charge < -0.3 is 25.1 Å². The molecule has 1 aromatic carbocycles. The number of carbonyl (C=O) groups excluding carboxylic acids is 1. The predicted molar refractivity (Wildman–Crippen MR) is 151 cm³/mol. The molecule has 1 spiro atoms. The number of benzene rings is 1. The van der Waals surface area contributed by atoms with Crippen molar-refractivity contribution in [3.63, 3.8) is 0 Å². The number of aromatic carboxylic acids is 1. The highest BCUT2D eigenvalue weighted by Crippen LogP contribution is 2.34. The molecule has 1 aromatic rings. The van der Waals surface area contributed by atoms with Gasteiger partial charge in [-0.2, -0.15) is 0 Å². The van der Waals surface area contributed by atoms with Crippen molar-refractivity contribution in [3.05, 3.63) is 65.6 Å². The molecule has 39 heavy (non-hydrogen) atoms. The van der Waals surface area contributed by atoms with E-state index in [2.05, 4.69) is 65.9 Å². The highest BCUT2D eigenvalue weighted by atomic mass is 16.5. The molecule has 2 atom stereocenters. The molecule has 0 saturated carbocycles. The van der Waals surface area contributed by atoms with Gasteiger partial charge in [0.2, 0.25) is 0 Å². The molecule has 5 rings (SSSR count). The van der Waals surface area contributed by atoms with Gasteiger partial charge in [0.15, 0.2) is 0 Å². The third-order valence-corrected chi connectivity index (χ3v) is 8.49. The molecule has 3 aliphatic heterocycles. The quantitative estimate of drug-likeness (QED) is 0.483. The Morgan fingerprint density at radius 2 is 1.90 bits per heavy atom. The summed E-state index contributed by atoms with van der Waals surface area (Å²) in [6.45, 7) is 10.1. The number of hydrazine groups is 1. The van der Waals surface area contributed by atoms with E-state index in [4.69, 9.17) is 9.84 Å². The summed E-state index contributed by atoms with van der Waals surface area (Å²) in [6, 6.07) is 6.69. The number of anilines is 1. The summed E-state index contributed by atoms with van der Waals surface area (Å²) < 4.78 is 5.39. The van der Waals surface area contributed by atoms with Gasteiger partial charge in [0.1, 0.15) is 5.76 Å². The molecule has 0 aromatic heterocycles. The lowest BCUT2D eigenvalue weighted by Gasteiger charge is -2.39. The molecule has 2 unspecified atom stereocenters. The summed E-state index contributed by atoms with van der Waals surface area (Å²) in [5.41, 5.74) is 5.89. The van der Waals surface area contributed by atoms with Crippen LogP contribution in [0.3, 0.4) is 0 Å². The second-order valence-corrected chi connectivity index (χ2v) is 12.2. The second kappa shape index (κ2) is 10.7. The molecule has 210 valence electrons. The smallest absolute Gasteiger partial charge is 0.335 e. The number of allylic oxidation sites excluding steroid dienone is 2. The van der Waals surface area contributed by atoms with Crippen LogP contribution < -0.4 is 15.6 Å². The van der Waals surface area contributed by atoms with Crippen LogP contribution in [0.4, 0.5) is 10.5 Å². The van der Waals surface area contributed by atoms with E-state index < -0.39 is 5.97 Å². The van der Waals surface area contributed by atoms with Crippen molar-refractivity contribution < 1.29 is 19.4 Å². The van der Waals surface area contributed by atoms with E-state index in [1.165, 1.54) is 5.57 Å². The van der Waals surface area contributed by atoms with Crippen molar-refractivity contribution in [3.8, 4) is 0 Å². The normalized spacial score (nSPS) is 25.1. The van der Waals surface area contributed by atoms with Gasteiger partial charge in [-0.05, 0) is 88.4 Å². The first kappa shape index (κ1) is 27.3. The fourth-order valence-corrected chi connectivity index (χ4v) is 5.99. The number of carboxylic acid groups (broad SMARTS) is 1. The Balaban J connectivity index is 1.17. The number of hydrogen-bond donors (Lipinski definition) is 3. The summed E-state index contributed by atoms with van der Waals surface area (Å²) in [4.78, 5) is 28.3. The zero-order valence-corrected chi connectivity index (χ0v) is 23.4. The summed E-state index contributed by atoms with van der Waals surface area (Å²) >= 11 is 0. The second-order valence-electron chi connectivity index (χ2n) is 12.2. The largest absolute Gasteiger partial charge is 0.497 e. The predicted octanol–water partition coefficient (Wildman–Crippen LogP) is 4.12. The van der Waals surface area contributed by atoms with Crippen LogP contribution in [-0.4, -0.2) is 77.4 Å². The van der Waals surface area contributed by atoms with Crippen LogP contribution in [0, 0.1) is 5.92 Å². The molecular weight excluding hydrogens is 494 g/mol. The molecule has 9 nitrogen and oxygen atoms in total. The van der Waals surface area contributed by atoms with Gasteiger partial charge in [-0.25, -0.2) is 15.0 Å². The molecule has 3 N–H and O–H groups in total. The van der Waals surface area contributed by atoms with E-state index in [0.29, 0.717) is 12.5 Å². The van der Waals surface area contributed by atoms with Gasteiger partial charge in [0, 0.05) is 43.0 Å². The molecule has 0 bridgehead atoms. The zero-order valence-electron chi connectivity index (χ0n) is 23.4. The van der Waals surface area contributed by atoms with Gasteiger partial charge in [0.25, 0.3) is 0 Å². The first-order valence-electron chi connectivity index (χ1n) is 13.9. The Morgan fingerprint density at radius 3 is 2.49 bits per heavy atom. The number of methoxy groups -OCH3 is 1. The van der Waals surface area contributed by atoms with Gasteiger partial charge in [-0.15, -0.1) is 0 Å². The van der Waals surface area contributed by atoms with E-state index in [0.717, 1.165) is 56.8 Å². The average molecular weight is 536 g/mol. The number of rotatable bonds is 7. The Morgan fingerprint density at radius 1 is 1.18 bits per heavy atom. The molecule has 2 saturated heterocycles. The minimum atomic E-state index is -0.967. The van der Waals surface area contributed by atoms with Crippen LogP contribution in [0.5, 0.6) is 0 Å². The molecule has 2 fully saturated rings. The van der Waals surface area contributed by atoms with E-state index in [1.807, 2.05) is 0 Å². The summed E-state index contributed by atoms with van der Waals surface area (Å²) in [7, 11) is 1.72. The number of nitrogens with zero attached hydrogens (tertiary/aromatic N) is 3. The molecule has 3 heterocycles. The van der Waals surface area contributed by atoms with E-state index in [9.17, 15) is 9.59 Å². The zero-order chi connectivity index (χ0) is 27.8. The monoisotopic (exact) mass is 535 g/mol. The standard InChI is InChI=1S/C30H41N5O4/c1-29(2,3)35-19-23(26(32-35)21-7-11-25(39-4)12-8-21)13-16-33-17-14-30(15-18-33)20-34(28(38)31-30)24-9-5-22(6-10-24)27(36)37/h5-7,9-12,19,21,26,32H,8,13-18,20H2,1-4H3,(H,31,38)(H,36,37). The Labute approximate surface area is 231 Å². The van der Waals surface area contributed by atoms with Crippen LogP contribution >= 0.6 is 0 Å². The average Bonchev–Trinajstić information content (AvgIpc) is 3.50. The number of piperidine rings is 1. The molecule has 2 amide bonds. The minimum Gasteiger partial charge on any atom is -0.497 e. The molecule has 1 aliphatic carbocycles. The number of carbonyl (C=O) groups is 2. The first-order valence-corrected chi connectivity index (χ1v) is 13.9. The number of amides is 2. The molecular formula is C30H41N5O4. The van der Waals surface area contributed by atoms with Gasteiger partial charge in [-0.1, -0.05) is 6.08 Å². The van der Waals surface area contributed by atoms with E-state index in [-0.39, 0.29) is 28.7 Å². The van der Waals surface area contributed by atoms with Crippen LogP contribution in [0.2, 0.25) is 0 Å². The van der Waals surface area contributed by atoms with Crippen molar-refractivity contribution in [2.24, 2.45) is 5.92 Å². The maximum absolute atomic E-state index is 12.8. The highest BCUT2D eigenvalue weighted by Gasteiger charge is 2.45. The third-order valence-electron chi connectivity index (χ3n) is 8.49. The summed E-state index contributed by atoms with van der Waals surface area (Å²) in [5.74, 6) is 0.348. The minimum absolute atomic E-state index is 0.0100. The lowest BCUT2D eigenvalue weighted by molar-refractivity contribution is 0.0697. The maximum Gasteiger partial charge on any atom is 0.335 e. The van der Waals surface area contributed by atoms with Crippen molar-refractivity contribution in [1.29, 1.82) is 0 Å². The van der Waals surface area contributed by atoms with Gasteiger partial charge in [-0.3, -0.25) is 4.90 Å². The Bertz CT molecular complexity index is 1170. The number of likely N-dealkylation sites (tertiary alicyclic amines) is 1. The molecule has 4 aliphatic rings.